The number of aryl methyl sites for hydroxylation is 3. The van der Waals surface area contributed by atoms with E-state index in [2.05, 4.69) is 33.9 Å². The normalized spacial score (nSPS) is 16.1. The van der Waals surface area contributed by atoms with E-state index in [0.29, 0.717) is 41.1 Å². The second kappa shape index (κ2) is 13.0. The highest BCUT2D eigenvalue weighted by atomic mass is 79.9. The lowest BCUT2D eigenvalue weighted by molar-refractivity contribution is -0.137. The molecule has 226 valence electrons. The van der Waals surface area contributed by atoms with Crippen molar-refractivity contribution in [2.45, 2.75) is 91.2 Å². The molecule has 1 saturated heterocycles. The van der Waals surface area contributed by atoms with E-state index in [1.165, 1.54) is 12.1 Å². The predicted molar refractivity (Wildman–Crippen MR) is 162 cm³/mol. The molecule has 5 nitrogen and oxygen atoms in total. The molecule has 0 N–H and O–H groups in total. The molecule has 0 amide bonds. The Hall–Kier alpha value is -2.56. The summed E-state index contributed by atoms with van der Waals surface area (Å²) in [5.41, 5.74) is 2.71. The monoisotopic (exact) mass is 647 g/mol. The Bertz CT molecular complexity index is 1380. The van der Waals surface area contributed by atoms with Gasteiger partial charge in [-0.25, -0.2) is 4.98 Å². The highest BCUT2D eigenvalue weighted by molar-refractivity contribution is 9.10. The van der Waals surface area contributed by atoms with Gasteiger partial charge in [0.15, 0.2) is 0 Å². The van der Waals surface area contributed by atoms with Crippen LogP contribution < -0.4 is 14.9 Å². The molecule has 0 spiro atoms. The zero-order chi connectivity index (χ0) is 30.7. The van der Waals surface area contributed by atoms with Crippen LogP contribution in [0.1, 0.15) is 75.3 Å². The third-order valence-corrected chi connectivity index (χ3v) is 8.36. The van der Waals surface area contributed by atoms with Gasteiger partial charge in [-0.2, -0.15) is 13.2 Å². The van der Waals surface area contributed by atoms with Crippen molar-refractivity contribution in [2.75, 3.05) is 6.61 Å². The van der Waals surface area contributed by atoms with Crippen molar-refractivity contribution in [1.82, 2.24) is 4.98 Å². The van der Waals surface area contributed by atoms with Gasteiger partial charge in [0.05, 0.1) is 23.4 Å². The Morgan fingerprint density at radius 3 is 2.26 bits per heavy atom. The van der Waals surface area contributed by atoms with Crippen LogP contribution in [0.15, 0.2) is 53.1 Å². The summed E-state index contributed by atoms with van der Waals surface area (Å²) < 4.78 is 65.8. The molecule has 1 aliphatic heterocycles. The van der Waals surface area contributed by atoms with Crippen LogP contribution in [0.2, 0.25) is 0 Å². The first-order valence-corrected chi connectivity index (χ1v) is 15.1. The molecular formula is C32H38BBrF3NO4. The first-order valence-electron chi connectivity index (χ1n) is 14.3. The van der Waals surface area contributed by atoms with E-state index in [-0.39, 0.29) is 6.61 Å². The molecule has 3 aromatic rings. The van der Waals surface area contributed by atoms with Gasteiger partial charge in [-0.3, -0.25) is 0 Å². The number of halogens is 4. The van der Waals surface area contributed by atoms with E-state index in [0.717, 1.165) is 41.2 Å². The Morgan fingerprint density at radius 2 is 1.62 bits per heavy atom. The number of hydrogen-bond donors (Lipinski definition) is 0. The first kappa shape index (κ1) is 32.4. The van der Waals surface area contributed by atoms with Crippen molar-refractivity contribution >= 4 is 28.5 Å². The van der Waals surface area contributed by atoms with Gasteiger partial charge in [0.25, 0.3) is 0 Å². The Balaban J connectivity index is 1.49. The largest absolute Gasteiger partial charge is 0.495 e. The summed E-state index contributed by atoms with van der Waals surface area (Å²) in [5, 5.41) is 0. The Labute approximate surface area is 255 Å². The van der Waals surface area contributed by atoms with Crippen molar-refractivity contribution in [1.29, 1.82) is 0 Å². The van der Waals surface area contributed by atoms with Crippen LogP contribution >= 0.6 is 15.9 Å². The molecule has 1 fully saturated rings. The van der Waals surface area contributed by atoms with Crippen molar-refractivity contribution < 1.29 is 32.0 Å². The number of rotatable bonds is 11. The molecule has 2 heterocycles. The lowest BCUT2D eigenvalue weighted by Crippen LogP contribution is -2.41. The molecule has 10 heteroatoms. The number of hydrogen-bond acceptors (Lipinski definition) is 5. The number of alkyl halides is 3. The van der Waals surface area contributed by atoms with Crippen molar-refractivity contribution in [2.24, 2.45) is 0 Å². The molecule has 0 aliphatic carbocycles. The fourth-order valence-electron chi connectivity index (χ4n) is 4.83. The summed E-state index contributed by atoms with van der Waals surface area (Å²) in [6.45, 7) is 12.7. The fourth-order valence-corrected chi connectivity index (χ4v) is 5.16. The van der Waals surface area contributed by atoms with E-state index in [9.17, 15) is 13.2 Å². The molecule has 1 aromatic heterocycles. The quantitative estimate of drug-likeness (QED) is 0.120. The zero-order valence-electron chi connectivity index (χ0n) is 25.0. The van der Waals surface area contributed by atoms with Gasteiger partial charge in [0.1, 0.15) is 17.0 Å². The van der Waals surface area contributed by atoms with Gasteiger partial charge >= 0.3 is 13.3 Å². The maximum atomic E-state index is 13.5. The molecule has 4 rings (SSSR count). The lowest BCUT2D eigenvalue weighted by atomic mass is 9.75. The minimum atomic E-state index is -4.43. The Morgan fingerprint density at radius 1 is 0.905 bits per heavy atom. The number of ether oxygens (including phenoxy) is 2. The van der Waals surface area contributed by atoms with Gasteiger partial charge in [0, 0.05) is 6.07 Å². The molecule has 0 atom stereocenters. The molecular weight excluding hydrogens is 610 g/mol. The molecule has 2 aromatic carbocycles. The zero-order valence-corrected chi connectivity index (χ0v) is 26.6. The summed E-state index contributed by atoms with van der Waals surface area (Å²) in [5.74, 6) is 1.14. The molecule has 0 unspecified atom stereocenters. The maximum absolute atomic E-state index is 13.5. The van der Waals surface area contributed by atoms with Crippen LogP contribution in [0, 0.1) is 6.92 Å². The van der Waals surface area contributed by atoms with Crippen LogP contribution in [0.4, 0.5) is 13.2 Å². The number of aromatic nitrogens is 1. The highest BCUT2D eigenvalue weighted by Gasteiger charge is 2.52. The van der Waals surface area contributed by atoms with Crippen LogP contribution in [-0.2, 0) is 34.9 Å². The van der Waals surface area contributed by atoms with E-state index in [1.807, 2.05) is 40.7 Å². The second-order valence-corrected chi connectivity index (χ2v) is 12.5. The SMILES string of the molecule is CCCc1cc(C)c(B2OC(C)(C)C(C)(C)O2)cc1OCCCc1cc(C(F)(F)F)ccc1COc1cccc(Br)n1. The fraction of sp³-hybridized carbons (Fsp3) is 0.469. The van der Waals surface area contributed by atoms with Crippen molar-refractivity contribution in [3.63, 3.8) is 0 Å². The lowest BCUT2D eigenvalue weighted by Gasteiger charge is -2.32. The predicted octanol–water partition coefficient (Wildman–Crippen LogP) is 8.01. The number of benzene rings is 2. The minimum Gasteiger partial charge on any atom is -0.493 e. The smallest absolute Gasteiger partial charge is 0.493 e. The average molecular weight is 648 g/mol. The second-order valence-electron chi connectivity index (χ2n) is 11.7. The summed E-state index contributed by atoms with van der Waals surface area (Å²) in [6, 6.07) is 13.2. The van der Waals surface area contributed by atoms with Gasteiger partial charge in [-0.05, 0) is 116 Å². The van der Waals surface area contributed by atoms with E-state index in [4.69, 9.17) is 18.8 Å². The maximum Gasteiger partial charge on any atom is 0.495 e. The molecule has 0 radical (unpaired) electrons. The number of pyridine rings is 1. The highest BCUT2D eigenvalue weighted by Crippen LogP contribution is 2.37. The third kappa shape index (κ3) is 7.69. The van der Waals surface area contributed by atoms with Gasteiger partial charge in [-0.15, -0.1) is 0 Å². The summed E-state index contributed by atoms with van der Waals surface area (Å²) >= 11 is 3.30. The standard InChI is InChI=1S/C32H38BBrF3NO4/c1-7-10-23-17-21(2)26(33-41-30(3,4)31(5,6)42-33)19-27(23)39-16-9-11-22-18-25(32(35,36)37)15-14-24(22)20-40-29-13-8-12-28(34)38-29/h8,12-15,17-19H,7,9-11,16,20H2,1-6H3. The summed E-state index contributed by atoms with van der Waals surface area (Å²) in [4.78, 5) is 4.24. The molecule has 0 saturated carbocycles. The van der Waals surface area contributed by atoms with E-state index in [1.54, 1.807) is 18.2 Å². The molecule has 0 bridgehead atoms. The van der Waals surface area contributed by atoms with E-state index < -0.39 is 30.1 Å². The summed E-state index contributed by atoms with van der Waals surface area (Å²) in [7, 11) is -0.513. The van der Waals surface area contributed by atoms with Crippen molar-refractivity contribution in [3.8, 4) is 11.6 Å². The average Bonchev–Trinajstić information content (AvgIpc) is 3.12. The van der Waals surface area contributed by atoms with Crippen LogP contribution in [-0.4, -0.2) is 29.9 Å². The number of nitrogens with zero attached hydrogens (tertiary/aromatic N) is 1. The van der Waals surface area contributed by atoms with Crippen LogP contribution in [0.5, 0.6) is 11.6 Å². The van der Waals surface area contributed by atoms with Gasteiger partial charge < -0.3 is 18.8 Å². The minimum absolute atomic E-state index is 0.105. The topological polar surface area (TPSA) is 49.8 Å². The molecule has 42 heavy (non-hydrogen) atoms. The van der Waals surface area contributed by atoms with Crippen molar-refractivity contribution in [3.05, 3.63) is 81.0 Å². The van der Waals surface area contributed by atoms with Gasteiger partial charge in [0.2, 0.25) is 5.88 Å². The van der Waals surface area contributed by atoms with Crippen LogP contribution in [0.3, 0.4) is 0 Å². The third-order valence-electron chi connectivity index (χ3n) is 7.92. The molecule has 1 aliphatic rings. The summed E-state index contributed by atoms with van der Waals surface area (Å²) in [6.07, 6.45) is -1.72. The van der Waals surface area contributed by atoms with Gasteiger partial charge in [-0.1, -0.05) is 37.1 Å². The Kier molecular flexibility index (Phi) is 10.0. The first-order chi connectivity index (χ1) is 19.7. The van der Waals surface area contributed by atoms with E-state index >= 15 is 0 Å². The van der Waals surface area contributed by atoms with Crippen LogP contribution in [0.25, 0.3) is 0 Å².